The molecule has 4 heteroatoms. The van der Waals surface area contributed by atoms with Crippen LogP contribution in [0.5, 0.6) is 5.75 Å². The monoisotopic (exact) mass is 275 g/mol. The molecular formula is C15H14FNOS. The lowest BCUT2D eigenvalue weighted by molar-refractivity contribution is 0.289. The first-order valence-corrected chi connectivity index (χ1v) is 6.25. The zero-order chi connectivity index (χ0) is 13.8. The van der Waals surface area contributed by atoms with Gasteiger partial charge in [0.05, 0.1) is 0 Å². The van der Waals surface area contributed by atoms with Gasteiger partial charge in [-0.25, -0.2) is 4.39 Å². The summed E-state index contributed by atoms with van der Waals surface area (Å²) in [7, 11) is 0. The smallest absolute Gasteiger partial charge is 0.167 e. The van der Waals surface area contributed by atoms with Gasteiger partial charge in [0, 0.05) is 5.56 Å². The van der Waals surface area contributed by atoms with E-state index in [4.69, 9.17) is 22.7 Å². The molecule has 0 heterocycles. The molecule has 0 saturated heterocycles. The Hall–Kier alpha value is -1.94. The largest absolute Gasteiger partial charge is 0.486 e. The SMILES string of the molecule is Cc1cccc(OCc2ccc(C(N)=S)cc2)c1F. The van der Waals surface area contributed by atoms with Crippen LogP contribution in [-0.4, -0.2) is 4.99 Å². The van der Waals surface area contributed by atoms with Crippen molar-refractivity contribution in [2.75, 3.05) is 0 Å². The molecule has 2 N–H and O–H groups in total. The molecule has 0 aliphatic rings. The second-order valence-electron chi connectivity index (χ2n) is 4.24. The summed E-state index contributed by atoms with van der Waals surface area (Å²) in [5.74, 6) is -0.0549. The minimum absolute atomic E-state index is 0.262. The Balaban J connectivity index is 2.06. The molecule has 0 amide bonds. The van der Waals surface area contributed by atoms with Crippen LogP contribution in [0.25, 0.3) is 0 Å². The first-order valence-electron chi connectivity index (χ1n) is 5.84. The summed E-state index contributed by atoms with van der Waals surface area (Å²) in [5, 5.41) is 0. The number of hydrogen-bond donors (Lipinski definition) is 1. The van der Waals surface area contributed by atoms with E-state index in [9.17, 15) is 4.39 Å². The van der Waals surface area contributed by atoms with Gasteiger partial charge in [0.25, 0.3) is 0 Å². The van der Waals surface area contributed by atoms with Gasteiger partial charge in [-0.15, -0.1) is 0 Å². The minimum Gasteiger partial charge on any atom is -0.486 e. The van der Waals surface area contributed by atoms with Crippen molar-refractivity contribution in [1.82, 2.24) is 0 Å². The molecule has 0 bridgehead atoms. The highest BCUT2D eigenvalue weighted by molar-refractivity contribution is 7.80. The fourth-order valence-corrected chi connectivity index (χ4v) is 1.79. The van der Waals surface area contributed by atoms with Crippen LogP contribution in [0.4, 0.5) is 4.39 Å². The fraction of sp³-hybridized carbons (Fsp3) is 0.133. The summed E-state index contributed by atoms with van der Waals surface area (Å²) in [4.78, 5) is 0.359. The molecule has 2 aromatic carbocycles. The van der Waals surface area contributed by atoms with Gasteiger partial charge in [-0.05, 0) is 24.1 Å². The third kappa shape index (κ3) is 3.29. The van der Waals surface area contributed by atoms with E-state index in [-0.39, 0.29) is 11.6 Å². The lowest BCUT2D eigenvalue weighted by atomic mass is 10.1. The van der Waals surface area contributed by atoms with Gasteiger partial charge in [-0.1, -0.05) is 48.6 Å². The fourth-order valence-electron chi connectivity index (χ4n) is 1.66. The summed E-state index contributed by atoms with van der Waals surface area (Å²) in [6.45, 7) is 2.01. The second-order valence-corrected chi connectivity index (χ2v) is 4.68. The number of aryl methyl sites for hydroxylation is 1. The molecule has 19 heavy (non-hydrogen) atoms. The quantitative estimate of drug-likeness (QED) is 0.869. The molecule has 0 aliphatic heterocycles. The highest BCUT2D eigenvalue weighted by Gasteiger charge is 2.06. The number of rotatable bonds is 4. The van der Waals surface area contributed by atoms with E-state index in [1.54, 1.807) is 25.1 Å². The Kier molecular flexibility index (Phi) is 4.12. The molecule has 2 nitrogen and oxygen atoms in total. The van der Waals surface area contributed by atoms with Crippen molar-refractivity contribution < 1.29 is 9.13 Å². The zero-order valence-corrected chi connectivity index (χ0v) is 11.3. The van der Waals surface area contributed by atoms with Crippen LogP contribution in [0, 0.1) is 12.7 Å². The minimum atomic E-state index is -0.317. The van der Waals surface area contributed by atoms with Crippen LogP contribution in [0.3, 0.4) is 0 Å². The summed E-state index contributed by atoms with van der Waals surface area (Å²) in [6.07, 6.45) is 0. The number of thiocarbonyl (C=S) groups is 1. The molecular weight excluding hydrogens is 261 g/mol. The van der Waals surface area contributed by atoms with E-state index in [1.165, 1.54) is 0 Å². The summed E-state index contributed by atoms with van der Waals surface area (Å²) >= 11 is 4.87. The third-order valence-electron chi connectivity index (χ3n) is 2.79. The predicted octanol–water partition coefficient (Wildman–Crippen LogP) is 3.35. The van der Waals surface area contributed by atoms with E-state index in [2.05, 4.69) is 0 Å². The highest BCUT2D eigenvalue weighted by Crippen LogP contribution is 2.20. The molecule has 0 atom stereocenters. The van der Waals surface area contributed by atoms with Crippen LogP contribution < -0.4 is 10.5 Å². The molecule has 0 radical (unpaired) electrons. The molecule has 0 unspecified atom stereocenters. The molecule has 0 aromatic heterocycles. The Morgan fingerprint density at radius 3 is 2.53 bits per heavy atom. The Morgan fingerprint density at radius 2 is 1.89 bits per heavy atom. The first kappa shape index (κ1) is 13.5. The summed E-state index contributed by atoms with van der Waals surface area (Å²) in [6, 6.07) is 12.5. The van der Waals surface area contributed by atoms with Gasteiger partial charge in [0.15, 0.2) is 11.6 Å². The Labute approximate surface area is 117 Å². The van der Waals surface area contributed by atoms with Gasteiger partial charge in [0.1, 0.15) is 11.6 Å². The summed E-state index contributed by atoms with van der Waals surface area (Å²) < 4.78 is 19.2. The van der Waals surface area contributed by atoms with Crippen molar-refractivity contribution in [2.45, 2.75) is 13.5 Å². The zero-order valence-electron chi connectivity index (χ0n) is 10.5. The molecule has 2 rings (SSSR count). The predicted molar refractivity (Wildman–Crippen MR) is 77.8 cm³/mol. The van der Waals surface area contributed by atoms with Crippen LogP contribution in [0.15, 0.2) is 42.5 Å². The maximum atomic E-state index is 13.7. The first-order chi connectivity index (χ1) is 9.08. The third-order valence-corrected chi connectivity index (χ3v) is 3.02. The van der Waals surface area contributed by atoms with Crippen molar-refractivity contribution in [3.8, 4) is 5.75 Å². The molecule has 98 valence electrons. The molecule has 2 aromatic rings. The average Bonchev–Trinajstić information content (AvgIpc) is 2.41. The molecule has 0 saturated carbocycles. The topological polar surface area (TPSA) is 35.2 Å². The number of hydrogen-bond acceptors (Lipinski definition) is 2. The van der Waals surface area contributed by atoms with E-state index < -0.39 is 0 Å². The van der Waals surface area contributed by atoms with Crippen LogP contribution in [0.2, 0.25) is 0 Å². The number of benzene rings is 2. The standard InChI is InChI=1S/C15H14FNOS/c1-10-3-2-4-13(14(10)16)18-9-11-5-7-12(8-6-11)15(17)19/h2-8H,9H2,1H3,(H2,17,19). The number of ether oxygens (including phenoxy) is 1. The lowest BCUT2D eigenvalue weighted by Crippen LogP contribution is -2.09. The van der Waals surface area contributed by atoms with E-state index in [0.29, 0.717) is 17.2 Å². The van der Waals surface area contributed by atoms with E-state index in [1.807, 2.05) is 24.3 Å². The maximum absolute atomic E-state index is 13.7. The van der Waals surface area contributed by atoms with E-state index in [0.717, 1.165) is 11.1 Å². The van der Waals surface area contributed by atoms with Crippen LogP contribution >= 0.6 is 12.2 Å². The van der Waals surface area contributed by atoms with E-state index >= 15 is 0 Å². The van der Waals surface area contributed by atoms with Crippen molar-refractivity contribution in [3.63, 3.8) is 0 Å². The van der Waals surface area contributed by atoms with Gasteiger partial charge >= 0.3 is 0 Å². The normalized spacial score (nSPS) is 10.2. The van der Waals surface area contributed by atoms with Gasteiger partial charge in [0.2, 0.25) is 0 Å². The number of halogens is 1. The van der Waals surface area contributed by atoms with Crippen LogP contribution in [-0.2, 0) is 6.61 Å². The Morgan fingerprint density at radius 1 is 1.21 bits per heavy atom. The molecule has 0 spiro atoms. The molecule has 0 aliphatic carbocycles. The van der Waals surface area contributed by atoms with Crippen molar-refractivity contribution in [1.29, 1.82) is 0 Å². The average molecular weight is 275 g/mol. The van der Waals surface area contributed by atoms with Crippen LogP contribution in [0.1, 0.15) is 16.7 Å². The van der Waals surface area contributed by atoms with Gasteiger partial charge in [-0.3, -0.25) is 0 Å². The van der Waals surface area contributed by atoms with Gasteiger partial charge < -0.3 is 10.5 Å². The van der Waals surface area contributed by atoms with Crippen molar-refractivity contribution in [3.05, 3.63) is 65.0 Å². The van der Waals surface area contributed by atoms with Gasteiger partial charge in [-0.2, -0.15) is 0 Å². The van der Waals surface area contributed by atoms with Crippen molar-refractivity contribution in [2.24, 2.45) is 5.73 Å². The Bertz CT molecular complexity index is 596. The van der Waals surface area contributed by atoms with Crippen molar-refractivity contribution >= 4 is 17.2 Å². The lowest BCUT2D eigenvalue weighted by Gasteiger charge is -2.09. The molecule has 0 fully saturated rings. The number of nitrogens with two attached hydrogens (primary N) is 1. The summed E-state index contributed by atoms with van der Waals surface area (Å²) in [5.41, 5.74) is 7.82. The second kappa shape index (κ2) is 5.80. The maximum Gasteiger partial charge on any atom is 0.167 e. The highest BCUT2D eigenvalue weighted by atomic mass is 32.1.